The zero-order valence-corrected chi connectivity index (χ0v) is 7.53. The first-order valence-electron chi connectivity index (χ1n) is 4.94. The Morgan fingerprint density at radius 2 is 2.23 bits per heavy atom. The van der Waals surface area contributed by atoms with Crippen LogP contribution in [0.15, 0.2) is 0 Å². The van der Waals surface area contributed by atoms with Gasteiger partial charge in [-0.3, -0.25) is 9.59 Å². The minimum Gasteiger partial charge on any atom is -0.481 e. The number of hydrogen-bond acceptors (Lipinski definition) is 2. The van der Waals surface area contributed by atoms with Gasteiger partial charge in [0, 0.05) is 18.3 Å². The Morgan fingerprint density at radius 3 is 2.77 bits per heavy atom. The van der Waals surface area contributed by atoms with Gasteiger partial charge >= 0.3 is 5.97 Å². The van der Waals surface area contributed by atoms with Crippen LogP contribution in [0.1, 0.15) is 32.1 Å². The van der Waals surface area contributed by atoms with Crippen molar-refractivity contribution in [3.05, 3.63) is 0 Å². The third-order valence-electron chi connectivity index (χ3n) is 3.48. The molecule has 0 heterocycles. The second-order valence-corrected chi connectivity index (χ2v) is 4.21. The molecule has 2 fully saturated rings. The summed E-state index contributed by atoms with van der Waals surface area (Å²) >= 11 is 0. The predicted octanol–water partition coefficient (Wildman–Crippen LogP) is 1.47. The lowest BCUT2D eigenvalue weighted by molar-refractivity contribution is -0.137. The molecular weight excluding hydrogens is 168 g/mol. The third kappa shape index (κ3) is 1.47. The SMILES string of the molecule is O=C(O)CC[C@@H]1C(=O)[C@@H]2CC[C@H]1C2. The van der Waals surface area contributed by atoms with Crippen LogP contribution in [-0.4, -0.2) is 16.9 Å². The first kappa shape index (κ1) is 8.73. The maximum absolute atomic E-state index is 11.6. The molecule has 0 aromatic carbocycles. The van der Waals surface area contributed by atoms with Crippen LogP contribution >= 0.6 is 0 Å². The summed E-state index contributed by atoms with van der Waals surface area (Å²) < 4.78 is 0. The lowest BCUT2D eigenvalue weighted by Crippen LogP contribution is -2.22. The fraction of sp³-hybridized carbons (Fsp3) is 0.800. The minimum absolute atomic E-state index is 0.0786. The van der Waals surface area contributed by atoms with Gasteiger partial charge in [-0.1, -0.05) is 0 Å². The molecule has 0 unspecified atom stereocenters. The van der Waals surface area contributed by atoms with Crippen LogP contribution in [-0.2, 0) is 9.59 Å². The number of carbonyl (C=O) groups excluding carboxylic acids is 1. The topological polar surface area (TPSA) is 54.4 Å². The number of Topliss-reactive ketones (excluding diaryl/α,β-unsaturated/α-hetero) is 1. The Balaban J connectivity index is 1.93. The number of hydrogen-bond donors (Lipinski definition) is 1. The molecule has 0 amide bonds. The van der Waals surface area contributed by atoms with Gasteiger partial charge < -0.3 is 5.11 Å². The Bertz CT molecular complexity index is 247. The zero-order valence-electron chi connectivity index (χ0n) is 7.53. The second kappa shape index (κ2) is 3.13. The summed E-state index contributed by atoms with van der Waals surface area (Å²) in [7, 11) is 0. The fourth-order valence-corrected chi connectivity index (χ4v) is 2.83. The first-order valence-corrected chi connectivity index (χ1v) is 4.94. The van der Waals surface area contributed by atoms with E-state index in [-0.39, 0.29) is 18.3 Å². The smallest absolute Gasteiger partial charge is 0.303 e. The van der Waals surface area contributed by atoms with Crippen molar-refractivity contribution in [2.75, 3.05) is 0 Å². The average Bonchev–Trinajstić information content (AvgIpc) is 2.61. The van der Waals surface area contributed by atoms with Gasteiger partial charge in [-0.25, -0.2) is 0 Å². The summed E-state index contributed by atoms with van der Waals surface area (Å²) in [6.07, 6.45) is 3.94. The van der Waals surface area contributed by atoms with Crippen molar-refractivity contribution in [2.45, 2.75) is 32.1 Å². The van der Waals surface area contributed by atoms with Crippen LogP contribution in [0.4, 0.5) is 0 Å². The minimum atomic E-state index is -0.782. The van der Waals surface area contributed by atoms with Gasteiger partial charge in [0.15, 0.2) is 0 Å². The van der Waals surface area contributed by atoms with Crippen LogP contribution in [0, 0.1) is 17.8 Å². The number of rotatable bonds is 3. The van der Waals surface area contributed by atoms with Crippen LogP contribution < -0.4 is 0 Å². The van der Waals surface area contributed by atoms with Gasteiger partial charge in [-0.2, -0.15) is 0 Å². The van der Waals surface area contributed by atoms with Crippen LogP contribution in [0.25, 0.3) is 0 Å². The summed E-state index contributed by atoms with van der Waals surface area (Å²) in [5.74, 6) is 0.434. The number of carbonyl (C=O) groups is 2. The molecule has 72 valence electrons. The number of aliphatic carboxylic acids is 1. The largest absolute Gasteiger partial charge is 0.481 e. The number of carboxylic acids is 1. The van der Waals surface area contributed by atoms with E-state index in [9.17, 15) is 9.59 Å². The van der Waals surface area contributed by atoms with Gasteiger partial charge in [0.2, 0.25) is 0 Å². The normalized spacial score (nSPS) is 36.9. The highest BCUT2D eigenvalue weighted by Gasteiger charge is 2.46. The average molecular weight is 182 g/mol. The van der Waals surface area contributed by atoms with E-state index >= 15 is 0 Å². The van der Waals surface area contributed by atoms with Gasteiger partial charge in [-0.15, -0.1) is 0 Å². The molecule has 2 rings (SSSR count). The van der Waals surface area contributed by atoms with E-state index in [1.165, 1.54) is 0 Å². The second-order valence-electron chi connectivity index (χ2n) is 4.21. The maximum Gasteiger partial charge on any atom is 0.303 e. The molecule has 0 radical (unpaired) electrons. The lowest BCUT2D eigenvalue weighted by Gasteiger charge is -2.19. The van der Waals surface area contributed by atoms with Crippen molar-refractivity contribution in [3.63, 3.8) is 0 Å². The van der Waals surface area contributed by atoms with Gasteiger partial charge in [0.25, 0.3) is 0 Å². The monoisotopic (exact) mass is 182 g/mol. The van der Waals surface area contributed by atoms with Crippen LogP contribution in [0.3, 0.4) is 0 Å². The van der Waals surface area contributed by atoms with E-state index < -0.39 is 5.97 Å². The summed E-state index contributed by atoms with van der Waals surface area (Å²) in [6.45, 7) is 0. The Kier molecular flexibility index (Phi) is 2.10. The predicted molar refractivity (Wildman–Crippen MR) is 46.2 cm³/mol. The third-order valence-corrected chi connectivity index (χ3v) is 3.48. The van der Waals surface area contributed by atoms with Crippen molar-refractivity contribution in [1.82, 2.24) is 0 Å². The van der Waals surface area contributed by atoms with Gasteiger partial charge in [0.1, 0.15) is 5.78 Å². The highest BCUT2D eigenvalue weighted by Crippen LogP contribution is 2.47. The van der Waals surface area contributed by atoms with E-state index in [1.807, 2.05) is 0 Å². The van der Waals surface area contributed by atoms with Gasteiger partial charge in [0.05, 0.1) is 0 Å². The van der Waals surface area contributed by atoms with E-state index in [0.717, 1.165) is 19.3 Å². The summed E-state index contributed by atoms with van der Waals surface area (Å²) in [5.41, 5.74) is 0. The Hall–Kier alpha value is -0.860. The molecule has 0 aromatic heterocycles. The molecule has 2 aliphatic rings. The molecule has 2 saturated carbocycles. The zero-order chi connectivity index (χ0) is 9.42. The molecule has 0 aromatic rings. The Morgan fingerprint density at radius 1 is 1.46 bits per heavy atom. The number of fused-ring (bicyclic) bond motifs is 2. The van der Waals surface area contributed by atoms with Crippen molar-refractivity contribution in [3.8, 4) is 0 Å². The summed E-state index contributed by atoms with van der Waals surface area (Å²) in [4.78, 5) is 21.9. The molecule has 13 heavy (non-hydrogen) atoms. The van der Waals surface area contributed by atoms with Crippen molar-refractivity contribution < 1.29 is 14.7 Å². The standard InChI is InChI=1S/C10H14O3/c11-9(12)4-3-8-6-1-2-7(5-6)10(8)13/h6-8H,1-5H2,(H,11,12)/t6-,7+,8-/m0/s1. The van der Waals surface area contributed by atoms with Crippen LogP contribution in [0.5, 0.6) is 0 Å². The maximum atomic E-state index is 11.6. The van der Waals surface area contributed by atoms with E-state index in [4.69, 9.17) is 5.11 Å². The Labute approximate surface area is 77.1 Å². The van der Waals surface area contributed by atoms with Crippen LogP contribution in [0.2, 0.25) is 0 Å². The molecule has 2 aliphatic carbocycles. The molecule has 0 aliphatic heterocycles. The van der Waals surface area contributed by atoms with Crippen molar-refractivity contribution in [2.24, 2.45) is 17.8 Å². The van der Waals surface area contributed by atoms with Crippen molar-refractivity contribution >= 4 is 11.8 Å². The van der Waals surface area contributed by atoms with E-state index in [0.29, 0.717) is 18.1 Å². The molecule has 2 bridgehead atoms. The molecule has 1 N–H and O–H groups in total. The van der Waals surface area contributed by atoms with E-state index in [1.54, 1.807) is 0 Å². The fourth-order valence-electron chi connectivity index (χ4n) is 2.83. The molecule has 3 nitrogen and oxygen atoms in total. The molecular formula is C10H14O3. The van der Waals surface area contributed by atoms with Crippen molar-refractivity contribution in [1.29, 1.82) is 0 Å². The summed E-state index contributed by atoms with van der Waals surface area (Å²) in [6, 6.07) is 0. The molecule has 3 atom stereocenters. The van der Waals surface area contributed by atoms with Gasteiger partial charge in [-0.05, 0) is 31.6 Å². The number of ketones is 1. The highest BCUT2D eigenvalue weighted by atomic mass is 16.4. The number of carboxylic acid groups (broad SMARTS) is 1. The molecule has 0 spiro atoms. The first-order chi connectivity index (χ1) is 6.18. The molecule has 0 saturated heterocycles. The molecule has 3 heteroatoms. The highest BCUT2D eigenvalue weighted by molar-refractivity contribution is 5.87. The lowest BCUT2D eigenvalue weighted by atomic mass is 9.84. The van der Waals surface area contributed by atoms with E-state index in [2.05, 4.69) is 0 Å². The quantitative estimate of drug-likeness (QED) is 0.719. The summed E-state index contributed by atoms with van der Waals surface area (Å²) in [5, 5.41) is 8.52.